The third kappa shape index (κ3) is 4.42. The molecule has 0 spiro atoms. The first-order chi connectivity index (χ1) is 11.8. The van der Waals surface area contributed by atoms with Crippen LogP contribution in [0.1, 0.15) is 36.1 Å². The lowest BCUT2D eigenvalue weighted by Gasteiger charge is -2.28. The molecule has 0 aliphatic carbocycles. The van der Waals surface area contributed by atoms with E-state index in [9.17, 15) is 17.9 Å². The largest absolute Gasteiger partial charge is 0.386 e. The van der Waals surface area contributed by atoms with Crippen molar-refractivity contribution in [3.63, 3.8) is 0 Å². The molecule has 3 rings (SSSR count). The highest BCUT2D eigenvalue weighted by molar-refractivity contribution is 7.88. The molecular weight excluding hydrogens is 347 g/mol. The van der Waals surface area contributed by atoms with Gasteiger partial charge in [-0.1, -0.05) is 17.3 Å². The SMILES string of the molecule is CS(=O)(=O)N1CCC(c2cn(C[C@H](O)c3ccc(F)cc3)nn2)CC1. The topological polar surface area (TPSA) is 88.3 Å². The number of aliphatic hydroxyl groups is 1. The van der Waals surface area contributed by atoms with Gasteiger partial charge in [0.1, 0.15) is 5.82 Å². The van der Waals surface area contributed by atoms with E-state index >= 15 is 0 Å². The van der Waals surface area contributed by atoms with E-state index in [1.54, 1.807) is 23.0 Å². The second kappa shape index (κ2) is 7.19. The second-order valence-electron chi connectivity index (χ2n) is 6.37. The van der Waals surface area contributed by atoms with Gasteiger partial charge < -0.3 is 5.11 Å². The summed E-state index contributed by atoms with van der Waals surface area (Å²) in [6.07, 6.45) is 3.61. The molecule has 0 unspecified atom stereocenters. The van der Waals surface area contributed by atoms with Crippen LogP contribution in [0.15, 0.2) is 30.5 Å². The van der Waals surface area contributed by atoms with Crippen molar-refractivity contribution in [1.29, 1.82) is 0 Å². The summed E-state index contributed by atoms with van der Waals surface area (Å²) < 4.78 is 39.1. The molecule has 0 bridgehead atoms. The van der Waals surface area contributed by atoms with Gasteiger partial charge in [-0.05, 0) is 30.5 Å². The number of halogens is 1. The summed E-state index contributed by atoms with van der Waals surface area (Å²) in [6, 6.07) is 5.69. The Kier molecular flexibility index (Phi) is 5.16. The molecule has 0 radical (unpaired) electrons. The van der Waals surface area contributed by atoms with Crippen LogP contribution in [0, 0.1) is 5.82 Å². The number of piperidine rings is 1. The second-order valence-corrected chi connectivity index (χ2v) is 8.35. The number of aromatic nitrogens is 3. The zero-order valence-corrected chi connectivity index (χ0v) is 14.7. The van der Waals surface area contributed by atoms with Crippen LogP contribution in [0.3, 0.4) is 0 Å². The molecule has 25 heavy (non-hydrogen) atoms. The molecule has 1 aliphatic rings. The predicted octanol–water partition coefficient (Wildman–Crippen LogP) is 1.29. The van der Waals surface area contributed by atoms with Crippen LogP contribution in [0.4, 0.5) is 4.39 Å². The zero-order valence-electron chi connectivity index (χ0n) is 13.9. The number of aliphatic hydroxyl groups excluding tert-OH is 1. The fourth-order valence-corrected chi connectivity index (χ4v) is 3.91. The molecule has 1 aromatic carbocycles. The fourth-order valence-electron chi connectivity index (χ4n) is 3.04. The first-order valence-electron chi connectivity index (χ1n) is 8.11. The predicted molar refractivity (Wildman–Crippen MR) is 89.8 cm³/mol. The van der Waals surface area contributed by atoms with Gasteiger partial charge in [0.2, 0.25) is 10.0 Å². The Morgan fingerprint density at radius 1 is 1.28 bits per heavy atom. The van der Waals surface area contributed by atoms with Crippen molar-refractivity contribution in [3.05, 3.63) is 47.5 Å². The van der Waals surface area contributed by atoms with Gasteiger partial charge in [0, 0.05) is 25.2 Å². The maximum absolute atomic E-state index is 12.9. The molecule has 0 saturated carbocycles. The van der Waals surface area contributed by atoms with E-state index in [-0.39, 0.29) is 18.3 Å². The molecule has 1 aromatic heterocycles. The number of sulfonamides is 1. The molecule has 1 fully saturated rings. The Morgan fingerprint density at radius 3 is 2.52 bits per heavy atom. The van der Waals surface area contributed by atoms with Crippen LogP contribution >= 0.6 is 0 Å². The molecule has 2 heterocycles. The highest BCUT2D eigenvalue weighted by Gasteiger charge is 2.27. The van der Waals surface area contributed by atoms with Gasteiger partial charge in [0.15, 0.2) is 0 Å². The molecule has 2 aromatic rings. The van der Waals surface area contributed by atoms with Crippen molar-refractivity contribution in [1.82, 2.24) is 19.3 Å². The summed E-state index contributed by atoms with van der Waals surface area (Å²) in [5.41, 5.74) is 1.42. The molecular formula is C16H21FN4O3S. The minimum absolute atomic E-state index is 0.162. The van der Waals surface area contributed by atoms with Crippen molar-refractivity contribution < 1.29 is 17.9 Å². The summed E-state index contributed by atoms with van der Waals surface area (Å²) in [5, 5.41) is 18.4. The van der Waals surface area contributed by atoms with Crippen LogP contribution < -0.4 is 0 Å². The van der Waals surface area contributed by atoms with Crippen molar-refractivity contribution in [2.45, 2.75) is 31.4 Å². The van der Waals surface area contributed by atoms with Crippen LogP contribution in [-0.2, 0) is 16.6 Å². The van der Waals surface area contributed by atoms with Crippen molar-refractivity contribution in [2.24, 2.45) is 0 Å². The van der Waals surface area contributed by atoms with Crippen LogP contribution in [0.2, 0.25) is 0 Å². The Bertz CT molecular complexity index is 814. The molecule has 1 atom stereocenters. The van der Waals surface area contributed by atoms with Gasteiger partial charge in [-0.3, -0.25) is 0 Å². The highest BCUT2D eigenvalue weighted by Crippen LogP contribution is 2.27. The average Bonchev–Trinajstić information content (AvgIpc) is 3.03. The van der Waals surface area contributed by atoms with Gasteiger partial charge in [-0.2, -0.15) is 0 Å². The van der Waals surface area contributed by atoms with E-state index in [0.29, 0.717) is 31.5 Å². The number of nitrogens with zero attached hydrogens (tertiary/aromatic N) is 4. The van der Waals surface area contributed by atoms with Crippen LogP contribution in [-0.4, -0.2) is 52.2 Å². The van der Waals surface area contributed by atoms with Gasteiger partial charge in [-0.25, -0.2) is 21.8 Å². The lowest BCUT2D eigenvalue weighted by atomic mass is 9.95. The summed E-state index contributed by atoms with van der Waals surface area (Å²) in [4.78, 5) is 0. The molecule has 0 amide bonds. The standard InChI is InChI=1S/C16H21FN4O3S/c1-25(23,24)21-8-6-12(7-9-21)15-10-20(19-18-15)11-16(22)13-2-4-14(17)5-3-13/h2-5,10,12,16,22H,6-9,11H2,1H3/t16-/m0/s1. The first-order valence-corrected chi connectivity index (χ1v) is 9.96. The number of hydrogen-bond acceptors (Lipinski definition) is 5. The summed E-state index contributed by atoms with van der Waals surface area (Å²) in [7, 11) is -3.14. The molecule has 136 valence electrons. The van der Waals surface area contributed by atoms with Gasteiger partial charge in [0.05, 0.1) is 24.6 Å². The van der Waals surface area contributed by atoms with Crippen molar-refractivity contribution in [3.8, 4) is 0 Å². The molecule has 1 N–H and O–H groups in total. The zero-order chi connectivity index (χ0) is 18.0. The van der Waals surface area contributed by atoms with Crippen LogP contribution in [0.25, 0.3) is 0 Å². The van der Waals surface area contributed by atoms with Gasteiger partial charge >= 0.3 is 0 Å². The average molecular weight is 368 g/mol. The van der Waals surface area contributed by atoms with E-state index < -0.39 is 16.1 Å². The molecule has 7 nitrogen and oxygen atoms in total. The Balaban J connectivity index is 1.60. The Morgan fingerprint density at radius 2 is 1.92 bits per heavy atom. The smallest absolute Gasteiger partial charge is 0.211 e. The van der Waals surface area contributed by atoms with Crippen molar-refractivity contribution >= 4 is 10.0 Å². The number of benzene rings is 1. The van der Waals surface area contributed by atoms with Gasteiger partial charge in [0.25, 0.3) is 0 Å². The first kappa shape index (κ1) is 18.0. The lowest BCUT2D eigenvalue weighted by Crippen LogP contribution is -2.37. The maximum atomic E-state index is 12.9. The normalized spacial score (nSPS) is 18.4. The fraction of sp³-hybridized carbons (Fsp3) is 0.500. The lowest BCUT2D eigenvalue weighted by molar-refractivity contribution is 0.150. The summed E-state index contributed by atoms with van der Waals surface area (Å²) in [6.45, 7) is 1.18. The Labute approximate surface area is 146 Å². The number of hydrogen-bond donors (Lipinski definition) is 1. The molecule has 1 aliphatic heterocycles. The van der Waals surface area contributed by atoms with Crippen molar-refractivity contribution in [2.75, 3.05) is 19.3 Å². The minimum atomic E-state index is -3.14. The maximum Gasteiger partial charge on any atom is 0.211 e. The molecule has 1 saturated heterocycles. The summed E-state index contributed by atoms with van der Waals surface area (Å²) in [5.74, 6) is -0.186. The third-order valence-corrected chi connectivity index (χ3v) is 5.82. The third-order valence-electron chi connectivity index (χ3n) is 4.51. The highest BCUT2D eigenvalue weighted by atomic mass is 32.2. The van der Waals surface area contributed by atoms with E-state index in [1.807, 2.05) is 0 Å². The van der Waals surface area contributed by atoms with E-state index in [2.05, 4.69) is 10.3 Å². The Hall–Kier alpha value is -1.84. The quantitative estimate of drug-likeness (QED) is 0.859. The number of rotatable bonds is 5. The van der Waals surface area contributed by atoms with E-state index in [4.69, 9.17) is 0 Å². The minimum Gasteiger partial charge on any atom is -0.386 e. The van der Waals surface area contributed by atoms with E-state index in [1.165, 1.54) is 22.7 Å². The van der Waals surface area contributed by atoms with Crippen LogP contribution in [0.5, 0.6) is 0 Å². The monoisotopic (exact) mass is 368 g/mol. The molecule has 9 heteroatoms. The summed E-state index contributed by atoms with van der Waals surface area (Å²) >= 11 is 0. The van der Waals surface area contributed by atoms with E-state index in [0.717, 1.165) is 5.69 Å². The van der Waals surface area contributed by atoms with Gasteiger partial charge in [-0.15, -0.1) is 5.10 Å².